The Kier molecular flexibility index (Phi) is 4.03. The summed E-state index contributed by atoms with van der Waals surface area (Å²) in [6.45, 7) is 0.514. The van der Waals surface area contributed by atoms with Gasteiger partial charge in [0.25, 0.3) is 5.91 Å². The molecule has 0 spiro atoms. The van der Waals surface area contributed by atoms with Crippen LogP contribution in [0.3, 0.4) is 0 Å². The van der Waals surface area contributed by atoms with Crippen LogP contribution in [0.2, 0.25) is 0 Å². The highest BCUT2D eigenvalue weighted by Crippen LogP contribution is 2.29. The second-order valence-electron chi connectivity index (χ2n) is 4.81. The average Bonchev–Trinajstić information content (AvgIpc) is 2.49. The van der Waals surface area contributed by atoms with Gasteiger partial charge in [0.15, 0.2) is 6.10 Å². The van der Waals surface area contributed by atoms with Crippen LogP contribution in [0.5, 0.6) is 0 Å². The lowest BCUT2D eigenvalue weighted by molar-refractivity contribution is -0.128. The van der Waals surface area contributed by atoms with Crippen molar-refractivity contribution in [2.75, 3.05) is 11.9 Å². The van der Waals surface area contributed by atoms with E-state index < -0.39 is 6.10 Å². The van der Waals surface area contributed by atoms with Crippen molar-refractivity contribution in [3.8, 4) is 0 Å². The van der Waals surface area contributed by atoms with Crippen molar-refractivity contribution in [3.63, 3.8) is 0 Å². The van der Waals surface area contributed by atoms with Crippen LogP contribution in [0.1, 0.15) is 17.2 Å². The number of benzene rings is 2. The summed E-state index contributed by atoms with van der Waals surface area (Å²) in [5.41, 5.74) is 2.54. The molecule has 0 fully saturated rings. The molecular formula is C16H13BrFNO2. The fraction of sp³-hybridized carbons (Fsp3) is 0.188. The minimum absolute atomic E-state index is 0.255. The lowest BCUT2D eigenvalue weighted by Gasteiger charge is -2.25. The van der Waals surface area contributed by atoms with Crippen LogP contribution in [0.15, 0.2) is 46.9 Å². The molecule has 3 rings (SSSR count). The molecule has 0 bridgehead atoms. The highest BCUT2D eigenvalue weighted by molar-refractivity contribution is 9.10. The van der Waals surface area contributed by atoms with Gasteiger partial charge in [0.05, 0.1) is 12.3 Å². The monoisotopic (exact) mass is 349 g/mol. The standard InChI is InChI=1S/C16H13BrFNO2/c17-13-9-11(18)5-6-14(13)19-16(20)15-12-4-2-1-3-10(12)7-8-21-15/h1-6,9,15H,7-8H2,(H,19,20). The van der Waals surface area contributed by atoms with Crippen LogP contribution in [0.4, 0.5) is 10.1 Å². The Morgan fingerprint density at radius 3 is 2.90 bits per heavy atom. The smallest absolute Gasteiger partial charge is 0.258 e. The summed E-state index contributed by atoms with van der Waals surface area (Å²) >= 11 is 3.24. The Labute approximate surface area is 130 Å². The maximum atomic E-state index is 13.1. The van der Waals surface area contributed by atoms with E-state index in [4.69, 9.17) is 4.74 Å². The molecule has 5 heteroatoms. The molecule has 2 aromatic rings. The normalized spacial score (nSPS) is 17.1. The molecule has 1 unspecified atom stereocenters. The summed E-state index contributed by atoms with van der Waals surface area (Å²) in [6.07, 6.45) is 0.173. The molecule has 21 heavy (non-hydrogen) atoms. The first kappa shape index (κ1) is 14.2. The SMILES string of the molecule is O=C(Nc1ccc(F)cc1Br)C1OCCc2ccccc21. The zero-order valence-corrected chi connectivity index (χ0v) is 12.7. The number of nitrogens with one attached hydrogen (secondary N) is 1. The molecule has 0 aliphatic carbocycles. The number of anilines is 1. The summed E-state index contributed by atoms with van der Waals surface area (Å²) in [5.74, 6) is -0.617. The molecule has 2 aromatic carbocycles. The van der Waals surface area contributed by atoms with Crippen molar-refractivity contribution in [2.24, 2.45) is 0 Å². The van der Waals surface area contributed by atoms with Crippen molar-refractivity contribution in [3.05, 3.63) is 63.9 Å². The van der Waals surface area contributed by atoms with Gasteiger partial charge in [-0.2, -0.15) is 0 Å². The topological polar surface area (TPSA) is 38.3 Å². The van der Waals surface area contributed by atoms with E-state index in [2.05, 4.69) is 21.2 Å². The molecule has 1 atom stereocenters. The minimum atomic E-state index is -0.632. The molecule has 1 aliphatic heterocycles. The van der Waals surface area contributed by atoms with Gasteiger partial charge in [0.2, 0.25) is 0 Å². The number of hydrogen-bond donors (Lipinski definition) is 1. The van der Waals surface area contributed by atoms with Crippen molar-refractivity contribution in [2.45, 2.75) is 12.5 Å². The summed E-state index contributed by atoms with van der Waals surface area (Å²) in [7, 11) is 0. The number of carbonyl (C=O) groups is 1. The molecule has 0 radical (unpaired) electrons. The number of fused-ring (bicyclic) bond motifs is 1. The molecule has 1 N–H and O–H groups in total. The van der Waals surface area contributed by atoms with Gasteiger partial charge in [-0.15, -0.1) is 0 Å². The number of hydrogen-bond acceptors (Lipinski definition) is 2. The number of halogens is 2. The van der Waals surface area contributed by atoms with Gasteiger partial charge in [0, 0.05) is 4.47 Å². The van der Waals surface area contributed by atoms with Crippen molar-refractivity contribution in [1.29, 1.82) is 0 Å². The van der Waals surface area contributed by atoms with Crippen LogP contribution in [0.25, 0.3) is 0 Å². The van der Waals surface area contributed by atoms with Crippen LogP contribution in [0, 0.1) is 5.82 Å². The number of carbonyl (C=O) groups excluding carboxylic acids is 1. The first-order valence-electron chi connectivity index (χ1n) is 6.60. The van der Waals surface area contributed by atoms with Gasteiger partial charge in [-0.05, 0) is 51.7 Å². The summed E-state index contributed by atoms with van der Waals surface area (Å²) in [4.78, 5) is 12.4. The predicted molar refractivity (Wildman–Crippen MR) is 81.6 cm³/mol. The summed E-state index contributed by atoms with van der Waals surface area (Å²) in [5, 5.41) is 2.77. The molecule has 108 valence electrons. The third-order valence-electron chi connectivity index (χ3n) is 3.42. The van der Waals surface area contributed by atoms with E-state index in [1.165, 1.54) is 18.2 Å². The van der Waals surface area contributed by atoms with Gasteiger partial charge in [-0.3, -0.25) is 4.79 Å². The largest absolute Gasteiger partial charge is 0.363 e. The van der Waals surface area contributed by atoms with E-state index >= 15 is 0 Å². The Morgan fingerprint density at radius 2 is 2.10 bits per heavy atom. The van der Waals surface area contributed by atoms with Crippen LogP contribution < -0.4 is 5.32 Å². The Bertz CT molecular complexity index is 690. The number of amides is 1. The predicted octanol–water partition coefficient (Wildman–Crippen LogP) is 3.84. The maximum Gasteiger partial charge on any atom is 0.258 e. The first-order valence-corrected chi connectivity index (χ1v) is 7.40. The fourth-order valence-corrected chi connectivity index (χ4v) is 2.85. The molecule has 1 heterocycles. The molecule has 0 saturated heterocycles. The van der Waals surface area contributed by atoms with E-state index in [1.807, 2.05) is 24.3 Å². The summed E-state index contributed by atoms with van der Waals surface area (Å²) < 4.78 is 19.2. The van der Waals surface area contributed by atoms with Crippen molar-refractivity contribution < 1.29 is 13.9 Å². The lowest BCUT2D eigenvalue weighted by Crippen LogP contribution is -2.28. The van der Waals surface area contributed by atoms with E-state index in [1.54, 1.807) is 0 Å². The lowest BCUT2D eigenvalue weighted by atomic mass is 9.97. The highest BCUT2D eigenvalue weighted by atomic mass is 79.9. The highest BCUT2D eigenvalue weighted by Gasteiger charge is 2.27. The molecule has 1 amide bonds. The van der Waals surface area contributed by atoms with E-state index in [0.29, 0.717) is 16.8 Å². The zero-order chi connectivity index (χ0) is 14.8. The molecular weight excluding hydrogens is 337 g/mol. The zero-order valence-electron chi connectivity index (χ0n) is 11.1. The number of rotatable bonds is 2. The second kappa shape index (κ2) is 5.95. The summed E-state index contributed by atoms with van der Waals surface area (Å²) in [6, 6.07) is 11.9. The molecule has 0 aromatic heterocycles. The Morgan fingerprint density at radius 1 is 1.29 bits per heavy atom. The Hall–Kier alpha value is -1.72. The van der Waals surface area contributed by atoms with Crippen molar-refractivity contribution >= 4 is 27.5 Å². The van der Waals surface area contributed by atoms with Gasteiger partial charge in [0.1, 0.15) is 5.82 Å². The van der Waals surface area contributed by atoms with Crippen molar-refractivity contribution in [1.82, 2.24) is 0 Å². The third-order valence-corrected chi connectivity index (χ3v) is 4.08. The van der Waals surface area contributed by atoms with Crippen LogP contribution in [-0.4, -0.2) is 12.5 Å². The van der Waals surface area contributed by atoms with Crippen LogP contribution >= 0.6 is 15.9 Å². The first-order chi connectivity index (χ1) is 10.1. The average molecular weight is 350 g/mol. The second-order valence-corrected chi connectivity index (χ2v) is 5.67. The quantitative estimate of drug-likeness (QED) is 0.894. The van der Waals surface area contributed by atoms with Gasteiger partial charge >= 0.3 is 0 Å². The third kappa shape index (κ3) is 2.99. The number of ether oxygens (including phenoxy) is 1. The molecule has 0 saturated carbocycles. The van der Waals surface area contributed by atoms with Gasteiger partial charge in [-0.1, -0.05) is 24.3 Å². The van der Waals surface area contributed by atoms with Crippen LogP contribution in [-0.2, 0) is 16.0 Å². The van der Waals surface area contributed by atoms with E-state index in [9.17, 15) is 9.18 Å². The fourth-order valence-electron chi connectivity index (χ4n) is 2.40. The molecule has 3 nitrogen and oxygen atoms in total. The molecule has 1 aliphatic rings. The Balaban J connectivity index is 1.83. The van der Waals surface area contributed by atoms with Gasteiger partial charge in [-0.25, -0.2) is 4.39 Å². The minimum Gasteiger partial charge on any atom is -0.363 e. The van der Waals surface area contributed by atoms with E-state index in [-0.39, 0.29) is 11.7 Å². The van der Waals surface area contributed by atoms with Gasteiger partial charge < -0.3 is 10.1 Å². The maximum absolute atomic E-state index is 13.1. The van der Waals surface area contributed by atoms with E-state index in [0.717, 1.165) is 17.5 Å².